The van der Waals surface area contributed by atoms with Crippen molar-refractivity contribution in [2.45, 2.75) is 6.54 Å². The molecule has 0 aliphatic rings. The Labute approximate surface area is 95.9 Å². The quantitative estimate of drug-likeness (QED) is 0.641. The van der Waals surface area contributed by atoms with Crippen LogP contribution < -0.4 is 11.5 Å². The number of hydrogen-bond donors (Lipinski definition) is 2. The zero-order valence-corrected chi connectivity index (χ0v) is 9.61. The lowest BCUT2D eigenvalue weighted by Crippen LogP contribution is -2.22. The molecule has 0 saturated heterocycles. The van der Waals surface area contributed by atoms with Gasteiger partial charge in [-0.1, -0.05) is 15.9 Å². The third-order valence-corrected chi connectivity index (χ3v) is 1.93. The van der Waals surface area contributed by atoms with E-state index in [0.717, 1.165) is 4.47 Å². The second-order valence-corrected chi connectivity index (χ2v) is 3.39. The summed E-state index contributed by atoms with van der Waals surface area (Å²) in [5.74, 6) is -0.354. The summed E-state index contributed by atoms with van der Waals surface area (Å²) in [4.78, 5) is 3.71. The number of nitrogens with zero attached hydrogens (tertiary/aromatic N) is 1. The molecule has 78 valence electrons. The average molecular weight is 283 g/mol. The minimum absolute atomic E-state index is 0. The molecule has 0 aliphatic heterocycles. The van der Waals surface area contributed by atoms with Gasteiger partial charge in [-0.25, -0.2) is 9.38 Å². The van der Waals surface area contributed by atoms with E-state index >= 15 is 0 Å². The monoisotopic (exact) mass is 281 g/mol. The largest absolute Gasteiger partial charge is 0.370 e. The van der Waals surface area contributed by atoms with E-state index in [9.17, 15) is 4.39 Å². The third kappa shape index (κ3) is 3.93. The molecule has 14 heavy (non-hydrogen) atoms. The highest BCUT2D eigenvalue weighted by molar-refractivity contribution is 9.10. The Morgan fingerprint density at radius 3 is 2.64 bits per heavy atom. The summed E-state index contributed by atoms with van der Waals surface area (Å²) in [6.45, 7) is 0.160. The molecule has 1 rings (SSSR count). The molecule has 0 unspecified atom stereocenters. The number of hydrogen-bond acceptors (Lipinski definition) is 1. The highest BCUT2D eigenvalue weighted by Gasteiger charge is 2.01. The Hall–Kier alpha value is -0.810. The minimum Gasteiger partial charge on any atom is -0.370 e. The van der Waals surface area contributed by atoms with Crippen LogP contribution in [0, 0.1) is 5.82 Å². The predicted octanol–water partition coefficient (Wildman–Crippen LogP) is 1.78. The highest BCUT2D eigenvalue weighted by Crippen LogP contribution is 2.15. The lowest BCUT2D eigenvalue weighted by molar-refractivity contribution is 0.610. The molecule has 0 radical (unpaired) electrons. The van der Waals surface area contributed by atoms with Crippen molar-refractivity contribution in [2.75, 3.05) is 0 Å². The standard InChI is InChI=1S/C8H9BrFN3.ClH/c9-6-1-2-7(10)5(3-6)4-13-8(11)12;/h1-3H,4H2,(H4,11,12,13);1H. The summed E-state index contributed by atoms with van der Waals surface area (Å²) in [6.07, 6.45) is 0. The van der Waals surface area contributed by atoms with Crippen molar-refractivity contribution in [1.29, 1.82) is 0 Å². The first-order valence-electron chi connectivity index (χ1n) is 3.59. The van der Waals surface area contributed by atoms with Crippen molar-refractivity contribution in [3.63, 3.8) is 0 Å². The maximum absolute atomic E-state index is 13.0. The molecule has 0 amide bonds. The Morgan fingerprint density at radius 1 is 1.43 bits per heavy atom. The van der Waals surface area contributed by atoms with Crippen LogP contribution in [0.1, 0.15) is 5.56 Å². The van der Waals surface area contributed by atoms with Gasteiger partial charge < -0.3 is 11.5 Å². The van der Waals surface area contributed by atoms with Crippen LogP contribution in [0.15, 0.2) is 27.7 Å². The van der Waals surface area contributed by atoms with Gasteiger partial charge >= 0.3 is 0 Å². The van der Waals surface area contributed by atoms with Gasteiger partial charge in [0.25, 0.3) is 0 Å². The molecule has 0 aliphatic carbocycles. The first kappa shape index (κ1) is 13.2. The summed E-state index contributed by atoms with van der Waals surface area (Å²) in [5.41, 5.74) is 10.7. The molecule has 0 atom stereocenters. The number of aliphatic imine (C=N–C) groups is 1. The molecule has 0 bridgehead atoms. The molecule has 4 N–H and O–H groups in total. The van der Waals surface area contributed by atoms with Crippen LogP contribution in [0.3, 0.4) is 0 Å². The van der Waals surface area contributed by atoms with E-state index < -0.39 is 0 Å². The van der Waals surface area contributed by atoms with Crippen LogP contribution in [-0.2, 0) is 6.54 Å². The predicted molar refractivity (Wildman–Crippen MR) is 60.9 cm³/mol. The molecule has 0 heterocycles. The van der Waals surface area contributed by atoms with Crippen molar-refractivity contribution in [3.8, 4) is 0 Å². The molecule has 6 heteroatoms. The third-order valence-electron chi connectivity index (χ3n) is 1.44. The van der Waals surface area contributed by atoms with Crippen LogP contribution in [0.5, 0.6) is 0 Å². The fourth-order valence-corrected chi connectivity index (χ4v) is 1.25. The molecular weight excluding hydrogens is 272 g/mol. The van der Waals surface area contributed by atoms with Crippen molar-refractivity contribution in [2.24, 2.45) is 16.5 Å². The van der Waals surface area contributed by atoms with Gasteiger partial charge in [-0.3, -0.25) is 0 Å². The fourth-order valence-electron chi connectivity index (χ4n) is 0.841. The van der Waals surface area contributed by atoms with Gasteiger partial charge in [0, 0.05) is 10.0 Å². The summed E-state index contributed by atoms with van der Waals surface area (Å²) in [5, 5.41) is 0. The maximum Gasteiger partial charge on any atom is 0.186 e. The topological polar surface area (TPSA) is 64.4 Å². The number of benzene rings is 1. The maximum atomic E-state index is 13.0. The second-order valence-electron chi connectivity index (χ2n) is 2.48. The molecule has 1 aromatic carbocycles. The smallest absolute Gasteiger partial charge is 0.186 e. The van der Waals surface area contributed by atoms with Crippen molar-refractivity contribution >= 4 is 34.3 Å². The van der Waals surface area contributed by atoms with E-state index in [0.29, 0.717) is 5.56 Å². The summed E-state index contributed by atoms with van der Waals surface area (Å²) in [7, 11) is 0. The lowest BCUT2D eigenvalue weighted by atomic mass is 10.2. The molecule has 1 aromatic rings. The Bertz CT molecular complexity index is 339. The summed E-state index contributed by atoms with van der Waals surface area (Å²) < 4.78 is 13.8. The van der Waals surface area contributed by atoms with Gasteiger partial charge in [-0.2, -0.15) is 0 Å². The van der Waals surface area contributed by atoms with E-state index in [1.165, 1.54) is 6.07 Å². The first-order valence-corrected chi connectivity index (χ1v) is 4.38. The molecule has 0 aromatic heterocycles. The van der Waals surface area contributed by atoms with Crippen LogP contribution >= 0.6 is 28.3 Å². The normalized spacial score (nSPS) is 9.00. The van der Waals surface area contributed by atoms with Gasteiger partial charge in [0.05, 0.1) is 6.54 Å². The Balaban J connectivity index is 0.00000169. The van der Waals surface area contributed by atoms with Crippen molar-refractivity contribution < 1.29 is 4.39 Å². The molecule has 0 fully saturated rings. The van der Waals surface area contributed by atoms with Crippen LogP contribution in [-0.4, -0.2) is 5.96 Å². The number of rotatable bonds is 2. The van der Waals surface area contributed by atoms with E-state index in [4.69, 9.17) is 11.5 Å². The van der Waals surface area contributed by atoms with E-state index in [1.807, 2.05) is 0 Å². The Kier molecular flexibility index (Phi) is 5.49. The van der Waals surface area contributed by atoms with E-state index in [2.05, 4.69) is 20.9 Å². The summed E-state index contributed by atoms with van der Waals surface area (Å²) >= 11 is 3.23. The first-order chi connectivity index (χ1) is 6.09. The minimum atomic E-state index is -0.312. The van der Waals surface area contributed by atoms with Crippen LogP contribution in [0.25, 0.3) is 0 Å². The second kappa shape index (κ2) is 5.82. The van der Waals surface area contributed by atoms with Crippen LogP contribution in [0.4, 0.5) is 4.39 Å². The number of halogens is 3. The lowest BCUT2D eigenvalue weighted by Gasteiger charge is -2.00. The SMILES string of the molecule is Cl.NC(N)=NCc1cc(Br)ccc1F. The zero-order valence-electron chi connectivity index (χ0n) is 7.21. The molecule has 0 saturated carbocycles. The number of nitrogens with two attached hydrogens (primary N) is 2. The number of guanidine groups is 1. The van der Waals surface area contributed by atoms with Gasteiger partial charge in [0.15, 0.2) is 5.96 Å². The molecule has 3 nitrogen and oxygen atoms in total. The molecular formula is C8H10BrClFN3. The van der Waals surface area contributed by atoms with E-state index in [1.54, 1.807) is 12.1 Å². The zero-order chi connectivity index (χ0) is 9.84. The average Bonchev–Trinajstić information content (AvgIpc) is 2.06. The van der Waals surface area contributed by atoms with Gasteiger partial charge in [0.2, 0.25) is 0 Å². The van der Waals surface area contributed by atoms with Gasteiger partial charge in [-0.05, 0) is 18.2 Å². The van der Waals surface area contributed by atoms with Gasteiger partial charge in [-0.15, -0.1) is 12.4 Å². The van der Waals surface area contributed by atoms with Crippen LogP contribution in [0.2, 0.25) is 0 Å². The summed E-state index contributed by atoms with van der Waals surface area (Å²) in [6, 6.07) is 4.62. The van der Waals surface area contributed by atoms with Crippen molar-refractivity contribution in [1.82, 2.24) is 0 Å². The molecule has 0 spiro atoms. The fraction of sp³-hybridized carbons (Fsp3) is 0.125. The van der Waals surface area contributed by atoms with Gasteiger partial charge in [0.1, 0.15) is 5.82 Å². The van der Waals surface area contributed by atoms with Crippen molar-refractivity contribution in [3.05, 3.63) is 34.1 Å². The Morgan fingerprint density at radius 2 is 2.07 bits per heavy atom. The highest BCUT2D eigenvalue weighted by atomic mass is 79.9. The van der Waals surface area contributed by atoms with E-state index in [-0.39, 0.29) is 30.7 Å².